The van der Waals surface area contributed by atoms with E-state index >= 15 is 0 Å². The zero-order valence-electron chi connectivity index (χ0n) is 20.2. The molecule has 6 nitrogen and oxygen atoms in total. The Hall–Kier alpha value is -2.99. The van der Waals surface area contributed by atoms with Gasteiger partial charge in [-0.2, -0.15) is 0 Å². The van der Waals surface area contributed by atoms with Gasteiger partial charge in [-0.3, -0.25) is 19.4 Å². The lowest BCUT2D eigenvalue weighted by atomic mass is 9.91. The standard InChI is InChI=1S/C26H32N2O4/c1-16-12-17(2)20(18(3)13-16)21-22(32-24(30)25(4,5)6)26(7,8)28(23(21)29)31-15-19-10-9-11-27-14-19/h9-14H,15H2,1-8H3. The first-order valence-corrected chi connectivity index (χ1v) is 10.8. The first-order chi connectivity index (χ1) is 14.8. The summed E-state index contributed by atoms with van der Waals surface area (Å²) in [5.74, 6) is -0.420. The Morgan fingerprint density at radius 1 is 1.12 bits per heavy atom. The lowest BCUT2D eigenvalue weighted by Crippen LogP contribution is -2.44. The number of ether oxygens (including phenoxy) is 1. The third-order valence-electron chi connectivity index (χ3n) is 5.51. The van der Waals surface area contributed by atoms with E-state index in [9.17, 15) is 9.59 Å². The van der Waals surface area contributed by atoms with Crippen LogP contribution in [0.4, 0.5) is 0 Å². The summed E-state index contributed by atoms with van der Waals surface area (Å²) in [4.78, 5) is 36.7. The van der Waals surface area contributed by atoms with Gasteiger partial charge in [0.2, 0.25) is 0 Å². The van der Waals surface area contributed by atoms with E-state index in [2.05, 4.69) is 4.98 Å². The fourth-order valence-electron chi connectivity index (χ4n) is 3.91. The molecular formula is C26H32N2O4. The molecule has 0 aliphatic carbocycles. The minimum absolute atomic E-state index is 0.169. The van der Waals surface area contributed by atoms with E-state index in [0.29, 0.717) is 11.3 Å². The first kappa shape index (κ1) is 23.7. The summed E-state index contributed by atoms with van der Waals surface area (Å²) in [6.07, 6.45) is 3.37. The number of aromatic nitrogens is 1. The minimum atomic E-state index is -0.987. The van der Waals surface area contributed by atoms with Crippen molar-refractivity contribution < 1.29 is 19.2 Å². The number of rotatable bonds is 5. The van der Waals surface area contributed by atoms with Crippen LogP contribution >= 0.6 is 0 Å². The molecule has 0 saturated carbocycles. The SMILES string of the molecule is Cc1cc(C)c(C2=C(OC(=O)C(C)(C)C)C(C)(C)N(OCc3cccnc3)C2=O)c(C)c1. The van der Waals surface area contributed by atoms with Crippen LogP contribution in [0.2, 0.25) is 0 Å². The molecule has 1 aromatic carbocycles. The van der Waals surface area contributed by atoms with Crippen molar-refractivity contribution in [2.75, 3.05) is 0 Å². The molecule has 1 amide bonds. The molecule has 2 heterocycles. The molecular weight excluding hydrogens is 404 g/mol. The van der Waals surface area contributed by atoms with E-state index in [1.54, 1.807) is 33.2 Å². The van der Waals surface area contributed by atoms with Crippen LogP contribution in [0.25, 0.3) is 5.57 Å². The van der Waals surface area contributed by atoms with Gasteiger partial charge >= 0.3 is 5.97 Å². The smallest absolute Gasteiger partial charge is 0.316 e. The number of carbonyl (C=O) groups excluding carboxylic acids is 2. The maximum absolute atomic E-state index is 13.7. The summed E-state index contributed by atoms with van der Waals surface area (Å²) in [5, 5.41) is 1.32. The van der Waals surface area contributed by atoms with Gasteiger partial charge < -0.3 is 4.74 Å². The van der Waals surface area contributed by atoms with E-state index in [1.165, 1.54) is 5.06 Å². The molecule has 32 heavy (non-hydrogen) atoms. The van der Waals surface area contributed by atoms with Crippen LogP contribution in [0.15, 0.2) is 42.4 Å². The van der Waals surface area contributed by atoms with Crippen LogP contribution in [0, 0.1) is 26.2 Å². The highest BCUT2D eigenvalue weighted by Crippen LogP contribution is 2.43. The van der Waals surface area contributed by atoms with Crippen LogP contribution in [0.5, 0.6) is 0 Å². The number of nitrogens with zero attached hydrogens (tertiary/aromatic N) is 2. The second kappa shape index (κ2) is 8.51. The Kier molecular flexibility index (Phi) is 6.29. The van der Waals surface area contributed by atoms with Gasteiger partial charge in [-0.1, -0.05) is 23.8 Å². The van der Waals surface area contributed by atoms with Crippen molar-refractivity contribution >= 4 is 17.4 Å². The third-order valence-corrected chi connectivity index (χ3v) is 5.51. The molecule has 0 spiro atoms. The normalized spacial score (nSPS) is 16.0. The molecule has 2 aromatic rings. The number of hydroxylamine groups is 2. The summed E-state index contributed by atoms with van der Waals surface area (Å²) in [6, 6.07) is 7.74. The van der Waals surface area contributed by atoms with Crippen molar-refractivity contribution in [2.24, 2.45) is 5.41 Å². The maximum Gasteiger partial charge on any atom is 0.316 e. The van der Waals surface area contributed by atoms with E-state index in [1.807, 2.05) is 58.9 Å². The quantitative estimate of drug-likeness (QED) is 0.613. The van der Waals surface area contributed by atoms with Gasteiger partial charge in [-0.25, -0.2) is 5.06 Å². The Morgan fingerprint density at radius 2 is 1.75 bits per heavy atom. The number of aryl methyl sites for hydroxylation is 3. The number of hydrogen-bond donors (Lipinski definition) is 0. The third kappa shape index (κ3) is 4.46. The molecule has 3 rings (SSSR count). The van der Waals surface area contributed by atoms with Crippen molar-refractivity contribution in [3.63, 3.8) is 0 Å². The second-order valence-electron chi connectivity index (χ2n) is 9.91. The molecule has 6 heteroatoms. The maximum atomic E-state index is 13.7. The van der Waals surface area contributed by atoms with Crippen LogP contribution in [-0.4, -0.2) is 27.5 Å². The molecule has 1 aliphatic rings. The van der Waals surface area contributed by atoms with Crippen LogP contribution in [-0.2, 0) is 25.8 Å². The topological polar surface area (TPSA) is 68.7 Å². The number of benzene rings is 1. The summed E-state index contributed by atoms with van der Waals surface area (Å²) in [5.41, 5.74) is 3.26. The van der Waals surface area contributed by atoms with Gasteiger partial charge in [-0.05, 0) is 83.7 Å². The Morgan fingerprint density at radius 3 is 2.28 bits per heavy atom. The van der Waals surface area contributed by atoms with Crippen molar-refractivity contribution in [1.29, 1.82) is 0 Å². The van der Waals surface area contributed by atoms with E-state index < -0.39 is 16.9 Å². The summed E-state index contributed by atoms with van der Waals surface area (Å²) < 4.78 is 5.94. The van der Waals surface area contributed by atoms with Gasteiger partial charge in [0.05, 0.1) is 11.0 Å². The molecule has 0 unspecified atom stereocenters. The molecule has 0 bridgehead atoms. The molecule has 1 aromatic heterocycles. The summed E-state index contributed by atoms with van der Waals surface area (Å²) in [6.45, 7) is 15.1. The van der Waals surface area contributed by atoms with Crippen molar-refractivity contribution in [2.45, 2.75) is 67.5 Å². The van der Waals surface area contributed by atoms with Crippen LogP contribution in [0.1, 0.15) is 62.4 Å². The van der Waals surface area contributed by atoms with Crippen LogP contribution < -0.4 is 0 Å². The average molecular weight is 437 g/mol. The van der Waals surface area contributed by atoms with Gasteiger partial charge in [0, 0.05) is 12.4 Å². The van der Waals surface area contributed by atoms with E-state index in [0.717, 1.165) is 27.8 Å². The highest BCUT2D eigenvalue weighted by atomic mass is 16.7. The fraction of sp³-hybridized carbons (Fsp3) is 0.423. The highest BCUT2D eigenvalue weighted by molar-refractivity contribution is 6.23. The zero-order chi connectivity index (χ0) is 23.8. The highest BCUT2D eigenvalue weighted by Gasteiger charge is 2.50. The lowest BCUT2D eigenvalue weighted by molar-refractivity contribution is -0.211. The molecule has 0 fully saturated rings. The van der Waals surface area contributed by atoms with Crippen LogP contribution in [0.3, 0.4) is 0 Å². The molecule has 0 radical (unpaired) electrons. The van der Waals surface area contributed by atoms with Crippen molar-refractivity contribution in [3.8, 4) is 0 Å². The summed E-state index contributed by atoms with van der Waals surface area (Å²) in [7, 11) is 0. The predicted octanol–water partition coefficient (Wildman–Crippen LogP) is 5.06. The number of pyridine rings is 1. The lowest BCUT2D eigenvalue weighted by Gasteiger charge is -2.32. The Labute approximate surface area is 190 Å². The van der Waals surface area contributed by atoms with Gasteiger partial charge in [0.1, 0.15) is 17.9 Å². The zero-order valence-corrected chi connectivity index (χ0v) is 20.2. The van der Waals surface area contributed by atoms with E-state index in [-0.39, 0.29) is 12.5 Å². The van der Waals surface area contributed by atoms with Crippen molar-refractivity contribution in [3.05, 3.63) is 70.2 Å². The van der Waals surface area contributed by atoms with Gasteiger partial charge in [0.25, 0.3) is 5.91 Å². The average Bonchev–Trinajstić information content (AvgIpc) is 2.85. The molecule has 0 N–H and O–H groups in total. The van der Waals surface area contributed by atoms with Gasteiger partial charge in [0.15, 0.2) is 0 Å². The predicted molar refractivity (Wildman–Crippen MR) is 123 cm³/mol. The number of amides is 1. The first-order valence-electron chi connectivity index (χ1n) is 10.8. The minimum Gasteiger partial charge on any atom is -0.427 e. The number of esters is 1. The summed E-state index contributed by atoms with van der Waals surface area (Å²) >= 11 is 0. The largest absolute Gasteiger partial charge is 0.427 e. The van der Waals surface area contributed by atoms with E-state index in [4.69, 9.17) is 9.57 Å². The van der Waals surface area contributed by atoms with Gasteiger partial charge in [-0.15, -0.1) is 0 Å². The fourth-order valence-corrected chi connectivity index (χ4v) is 3.91. The Balaban J connectivity index is 2.10. The Bertz CT molecular complexity index is 1060. The molecule has 0 saturated heterocycles. The monoisotopic (exact) mass is 436 g/mol. The molecule has 170 valence electrons. The molecule has 0 atom stereocenters. The second-order valence-corrected chi connectivity index (χ2v) is 9.91. The molecule has 1 aliphatic heterocycles. The number of hydrogen-bond acceptors (Lipinski definition) is 5. The van der Waals surface area contributed by atoms with Crippen molar-refractivity contribution in [1.82, 2.24) is 10.0 Å². The number of carbonyl (C=O) groups is 2.